The van der Waals surface area contributed by atoms with Crippen molar-refractivity contribution >= 4 is 15.5 Å². The van der Waals surface area contributed by atoms with Crippen LogP contribution in [0.25, 0.3) is 0 Å². The normalized spacial score (nSPS) is 10.3. The van der Waals surface area contributed by atoms with Crippen molar-refractivity contribution in [2.24, 2.45) is 5.10 Å². The minimum absolute atomic E-state index is 0.293. The number of benzene rings is 1. The Balaban J connectivity index is 2.08. The van der Waals surface area contributed by atoms with Crippen LogP contribution in [0.1, 0.15) is 12.5 Å². The van der Waals surface area contributed by atoms with Gasteiger partial charge in [-0.1, -0.05) is 0 Å². The standard InChI is InChI=1S/C8H6N5.C2H4O2.Hg/c1-2-4-8(5-3-1)6-10-13-7-9-11-12-13;1-2(3)4;/h1-6H;1H3,(H,3,4);/q;;+1/p-1/b10-6+;;. The van der Waals surface area contributed by atoms with Gasteiger partial charge in [-0.05, 0) is 0 Å². The molecule has 18 heavy (non-hydrogen) atoms. The molecule has 0 aliphatic heterocycles. The number of carbonyl (C=O) groups excluding carboxylic acids is 1. The number of hydrogen-bond acceptors (Lipinski definition) is 6. The van der Waals surface area contributed by atoms with Gasteiger partial charge in [-0.15, -0.1) is 0 Å². The van der Waals surface area contributed by atoms with Crippen LogP contribution in [0.15, 0.2) is 35.4 Å². The van der Waals surface area contributed by atoms with Crippen molar-refractivity contribution < 1.29 is 32.5 Å². The zero-order chi connectivity index (χ0) is 12.8. The first-order valence-electron chi connectivity index (χ1n) is 5.26. The Morgan fingerprint density at radius 2 is 2.22 bits per heavy atom. The summed E-state index contributed by atoms with van der Waals surface area (Å²) < 4.78 is 5.61. The molecule has 0 fully saturated rings. The predicted octanol–water partition coefficient (Wildman–Crippen LogP) is -0.259. The Labute approximate surface area is 116 Å². The summed E-state index contributed by atoms with van der Waals surface area (Å²) in [6, 6.07) is 9.60. The molecule has 2 aromatic rings. The van der Waals surface area contributed by atoms with Gasteiger partial charge in [0.1, 0.15) is 0 Å². The molecule has 88 valence electrons. The third kappa shape index (κ3) is 3.69. The van der Waals surface area contributed by atoms with Crippen LogP contribution >= 0.6 is 0 Å². The maximum absolute atomic E-state index is 10.7. The van der Waals surface area contributed by atoms with Gasteiger partial charge in [0.2, 0.25) is 0 Å². The van der Waals surface area contributed by atoms with Crippen LogP contribution < -0.4 is 3.33 Å². The van der Waals surface area contributed by atoms with E-state index in [9.17, 15) is 4.79 Å². The second-order valence-corrected chi connectivity index (χ2v) is 8.12. The molecule has 0 aliphatic rings. The van der Waals surface area contributed by atoms with Crippen molar-refractivity contribution in [1.82, 2.24) is 20.3 Å². The Morgan fingerprint density at radius 3 is 2.94 bits per heavy atom. The molecule has 0 spiro atoms. The van der Waals surface area contributed by atoms with Crippen molar-refractivity contribution in [3.8, 4) is 0 Å². The van der Waals surface area contributed by atoms with Gasteiger partial charge in [-0.2, -0.15) is 0 Å². The van der Waals surface area contributed by atoms with Crippen LogP contribution in [0.3, 0.4) is 0 Å². The molecule has 0 unspecified atom stereocenters. The summed E-state index contributed by atoms with van der Waals surface area (Å²) in [6.07, 6.45) is 1.65. The summed E-state index contributed by atoms with van der Waals surface area (Å²) in [5.74, 6) is -0.293. The molecule has 8 heteroatoms. The minimum atomic E-state index is -2.05. The summed E-state index contributed by atoms with van der Waals surface area (Å²) >= 11 is -2.05. The van der Waals surface area contributed by atoms with Crippen LogP contribution in [0.5, 0.6) is 0 Å². The fourth-order valence-electron chi connectivity index (χ4n) is 1.20. The molecule has 1 aromatic heterocycles. The Kier molecular flexibility index (Phi) is 4.51. The van der Waals surface area contributed by atoms with E-state index in [0.29, 0.717) is 3.33 Å². The van der Waals surface area contributed by atoms with Gasteiger partial charge in [0.25, 0.3) is 0 Å². The fraction of sp³-hybridized carbons (Fsp3) is 0.100. The van der Waals surface area contributed by atoms with Crippen molar-refractivity contribution in [3.05, 3.63) is 35.9 Å². The first-order chi connectivity index (χ1) is 8.75. The number of tetrazole rings is 1. The molecule has 0 atom stereocenters. The molecule has 0 aliphatic carbocycles. The summed E-state index contributed by atoms with van der Waals surface area (Å²) in [5, 5.41) is 15.2. The van der Waals surface area contributed by atoms with Crippen molar-refractivity contribution in [2.75, 3.05) is 0 Å². The molecule has 1 aromatic carbocycles. The first-order valence-corrected chi connectivity index (χ1v) is 10.2. The molecule has 0 amide bonds. The van der Waals surface area contributed by atoms with E-state index < -0.39 is 25.0 Å². The maximum atomic E-state index is 10.7. The predicted molar refractivity (Wildman–Crippen MR) is 58.7 cm³/mol. The van der Waals surface area contributed by atoms with Crippen LogP contribution in [0.4, 0.5) is 0 Å². The van der Waals surface area contributed by atoms with Gasteiger partial charge in [-0.3, -0.25) is 0 Å². The topological polar surface area (TPSA) is 82.3 Å². The Hall–Kier alpha value is -1.63. The Morgan fingerprint density at radius 1 is 1.44 bits per heavy atom. The molecule has 1 heterocycles. The van der Waals surface area contributed by atoms with Crippen LogP contribution in [0, 0.1) is 0 Å². The third-order valence-electron chi connectivity index (χ3n) is 2.04. The summed E-state index contributed by atoms with van der Waals surface area (Å²) in [7, 11) is 0. The average Bonchev–Trinajstić information content (AvgIpc) is 2.82. The number of nitrogens with zero attached hydrogens (tertiary/aromatic N) is 5. The second kappa shape index (κ2) is 6.34. The number of rotatable bonds is 4. The summed E-state index contributed by atoms with van der Waals surface area (Å²) in [6.45, 7) is 1.38. The van der Waals surface area contributed by atoms with E-state index in [1.165, 1.54) is 11.7 Å². The van der Waals surface area contributed by atoms with E-state index in [2.05, 4.69) is 20.6 Å². The van der Waals surface area contributed by atoms with E-state index in [1.807, 2.05) is 30.3 Å². The monoisotopic (exact) mass is 433 g/mol. The molecule has 0 radical (unpaired) electrons. The Bertz CT molecular complexity index is 554. The molecular formula is C10H9HgN5O2. The van der Waals surface area contributed by atoms with Crippen molar-refractivity contribution in [1.29, 1.82) is 0 Å². The molecular weight excluding hydrogens is 423 g/mol. The zero-order valence-corrected chi connectivity index (χ0v) is 15.2. The van der Waals surface area contributed by atoms with Crippen LogP contribution in [-0.2, 0) is 32.5 Å². The van der Waals surface area contributed by atoms with Gasteiger partial charge in [0, 0.05) is 0 Å². The first kappa shape index (κ1) is 12.8. The quantitative estimate of drug-likeness (QED) is 0.492. The van der Waals surface area contributed by atoms with E-state index in [0.717, 1.165) is 5.56 Å². The van der Waals surface area contributed by atoms with Crippen molar-refractivity contribution in [3.63, 3.8) is 0 Å². The SMILES string of the molecule is CC(=O)[O][Hg][c]1nnnn1/N=C/c1ccccc1. The average molecular weight is 432 g/mol. The molecule has 0 saturated carbocycles. The van der Waals surface area contributed by atoms with Gasteiger partial charge in [-0.25, -0.2) is 0 Å². The van der Waals surface area contributed by atoms with E-state index in [4.69, 9.17) is 2.64 Å². The van der Waals surface area contributed by atoms with Gasteiger partial charge >= 0.3 is 116 Å². The number of hydrogen-bond donors (Lipinski definition) is 0. The van der Waals surface area contributed by atoms with E-state index in [1.54, 1.807) is 6.21 Å². The fourth-order valence-corrected chi connectivity index (χ4v) is 3.98. The molecule has 0 saturated heterocycles. The molecule has 2 rings (SSSR count). The summed E-state index contributed by atoms with van der Waals surface area (Å²) in [4.78, 5) is 12.1. The van der Waals surface area contributed by atoms with Crippen molar-refractivity contribution in [2.45, 2.75) is 6.92 Å². The van der Waals surface area contributed by atoms with Gasteiger partial charge < -0.3 is 0 Å². The van der Waals surface area contributed by atoms with Gasteiger partial charge in [0.15, 0.2) is 0 Å². The molecule has 0 bridgehead atoms. The molecule has 7 nitrogen and oxygen atoms in total. The van der Waals surface area contributed by atoms with E-state index in [-0.39, 0.29) is 5.97 Å². The molecule has 0 N–H and O–H groups in total. The third-order valence-corrected chi connectivity index (χ3v) is 6.83. The van der Waals surface area contributed by atoms with E-state index >= 15 is 0 Å². The van der Waals surface area contributed by atoms with Gasteiger partial charge in [0.05, 0.1) is 0 Å². The number of carbonyl (C=O) groups is 1. The zero-order valence-electron chi connectivity index (χ0n) is 9.72. The number of aromatic nitrogens is 4. The second-order valence-electron chi connectivity index (χ2n) is 3.42. The summed E-state index contributed by atoms with van der Waals surface area (Å²) in [5.41, 5.74) is 0.947. The van der Waals surface area contributed by atoms with Crippen LogP contribution in [0.2, 0.25) is 0 Å². The van der Waals surface area contributed by atoms with Crippen LogP contribution in [-0.4, -0.2) is 32.5 Å².